The largest absolute Gasteiger partial charge is 0.363 e. The lowest BCUT2D eigenvalue weighted by atomic mass is 10.0. The minimum atomic E-state index is 0.977. The normalized spacial score (nSPS) is 16.0. The van der Waals surface area contributed by atoms with Gasteiger partial charge >= 0.3 is 0 Å². The van der Waals surface area contributed by atoms with Crippen LogP contribution >= 0.6 is 0 Å². The third kappa shape index (κ3) is 2.35. The zero-order valence-electron chi connectivity index (χ0n) is 9.40. The molecule has 0 unspecified atom stereocenters. The Labute approximate surface area is 90.9 Å². The van der Waals surface area contributed by atoms with Crippen LogP contribution < -0.4 is 4.90 Å². The second-order valence-electron chi connectivity index (χ2n) is 4.09. The first-order valence-corrected chi connectivity index (χ1v) is 5.44. The van der Waals surface area contributed by atoms with Crippen LogP contribution in [-0.4, -0.2) is 31.3 Å². The summed E-state index contributed by atoms with van der Waals surface area (Å²) in [6.45, 7) is 0.977. The first kappa shape index (κ1) is 10.1. The predicted molar refractivity (Wildman–Crippen MR) is 63.8 cm³/mol. The van der Waals surface area contributed by atoms with Gasteiger partial charge in [-0.3, -0.25) is 4.99 Å². The number of hydrogen-bond donors (Lipinski definition) is 0. The van der Waals surface area contributed by atoms with Crippen molar-refractivity contribution in [3.05, 3.63) is 23.9 Å². The van der Waals surface area contributed by atoms with E-state index in [2.05, 4.69) is 16.0 Å². The maximum absolute atomic E-state index is 4.54. The van der Waals surface area contributed by atoms with Crippen LogP contribution in [0.15, 0.2) is 23.3 Å². The van der Waals surface area contributed by atoms with E-state index in [4.69, 9.17) is 0 Å². The van der Waals surface area contributed by atoms with Crippen molar-refractivity contribution in [3.63, 3.8) is 0 Å². The van der Waals surface area contributed by atoms with E-state index in [1.165, 1.54) is 24.1 Å². The molecule has 0 aliphatic carbocycles. The highest BCUT2D eigenvalue weighted by atomic mass is 15.1. The average Bonchev–Trinajstić information content (AvgIpc) is 2.30. The van der Waals surface area contributed by atoms with Gasteiger partial charge in [0.1, 0.15) is 5.82 Å². The summed E-state index contributed by atoms with van der Waals surface area (Å²) in [5.74, 6) is 0.996. The molecular weight excluding hydrogens is 186 g/mol. The van der Waals surface area contributed by atoms with Gasteiger partial charge < -0.3 is 4.90 Å². The molecule has 1 aliphatic rings. The number of rotatable bonds is 2. The number of pyridine rings is 1. The Hall–Kier alpha value is -1.38. The number of aliphatic imine (C=N–C) groups is 1. The molecule has 0 saturated heterocycles. The molecule has 0 bridgehead atoms. The summed E-state index contributed by atoms with van der Waals surface area (Å²) < 4.78 is 0. The Morgan fingerprint density at radius 1 is 1.20 bits per heavy atom. The van der Waals surface area contributed by atoms with E-state index in [1.807, 2.05) is 31.3 Å². The standard InChI is InChI=1S/C12H17N3/c1-15(2)12-7-6-10(9-14-12)11-5-3-4-8-13-11/h6-7,9H,3-5,8H2,1-2H3. The van der Waals surface area contributed by atoms with Gasteiger partial charge in [-0.15, -0.1) is 0 Å². The van der Waals surface area contributed by atoms with E-state index in [0.29, 0.717) is 0 Å². The highest BCUT2D eigenvalue weighted by molar-refractivity contribution is 6.00. The van der Waals surface area contributed by atoms with Gasteiger partial charge in [-0.05, 0) is 31.4 Å². The quantitative estimate of drug-likeness (QED) is 0.736. The molecule has 0 radical (unpaired) electrons. The van der Waals surface area contributed by atoms with Crippen LogP contribution in [0.5, 0.6) is 0 Å². The van der Waals surface area contributed by atoms with E-state index in [-0.39, 0.29) is 0 Å². The van der Waals surface area contributed by atoms with Gasteiger partial charge in [0.25, 0.3) is 0 Å². The molecule has 80 valence electrons. The van der Waals surface area contributed by atoms with Crippen LogP contribution in [0.25, 0.3) is 0 Å². The molecule has 0 saturated carbocycles. The van der Waals surface area contributed by atoms with Gasteiger partial charge in [0, 0.05) is 38.1 Å². The van der Waals surface area contributed by atoms with Crippen molar-refractivity contribution in [3.8, 4) is 0 Å². The monoisotopic (exact) mass is 203 g/mol. The van der Waals surface area contributed by atoms with Crippen LogP contribution in [0.1, 0.15) is 24.8 Å². The molecule has 15 heavy (non-hydrogen) atoms. The third-order valence-corrected chi connectivity index (χ3v) is 2.66. The zero-order chi connectivity index (χ0) is 10.7. The molecule has 2 heterocycles. The Balaban J connectivity index is 2.19. The lowest BCUT2D eigenvalue weighted by Crippen LogP contribution is -2.12. The van der Waals surface area contributed by atoms with Crippen molar-refractivity contribution >= 4 is 11.5 Å². The van der Waals surface area contributed by atoms with Crippen molar-refractivity contribution < 1.29 is 0 Å². The minimum absolute atomic E-state index is 0.977. The fourth-order valence-electron chi connectivity index (χ4n) is 1.75. The van der Waals surface area contributed by atoms with Gasteiger partial charge in [0.05, 0.1) is 0 Å². The SMILES string of the molecule is CN(C)c1ccc(C2=NCCCC2)cn1. The van der Waals surface area contributed by atoms with E-state index in [0.717, 1.165) is 18.8 Å². The van der Waals surface area contributed by atoms with Crippen LogP contribution in [0.4, 0.5) is 5.82 Å². The van der Waals surface area contributed by atoms with Crippen molar-refractivity contribution in [2.24, 2.45) is 4.99 Å². The third-order valence-electron chi connectivity index (χ3n) is 2.66. The van der Waals surface area contributed by atoms with Gasteiger partial charge in [-0.1, -0.05) is 0 Å². The van der Waals surface area contributed by atoms with Crippen molar-refractivity contribution in [1.82, 2.24) is 4.98 Å². The molecule has 1 aromatic heterocycles. The molecule has 2 rings (SSSR count). The first-order chi connectivity index (χ1) is 7.27. The molecule has 3 nitrogen and oxygen atoms in total. The number of nitrogens with zero attached hydrogens (tertiary/aromatic N) is 3. The van der Waals surface area contributed by atoms with Crippen molar-refractivity contribution in [2.45, 2.75) is 19.3 Å². The van der Waals surface area contributed by atoms with Gasteiger partial charge in [0.15, 0.2) is 0 Å². The highest BCUT2D eigenvalue weighted by Gasteiger charge is 2.08. The average molecular weight is 203 g/mol. The molecule has 0 spiro atoms. The van der Waals surface area contributed by atoms with E-state index < -0.39 is 0 Å². The summed E-state index contributed by atoms with van der Waals surface area (Å²) in [6, 6.07) is 4.17. The van der Waals surface area contributed by atoms with Crippen LogP contribution in [0, 0.1) is 0 Å². The summed E-state index contributed by atoms with van der Waals surface area (Å²) in [5, 5.41) is 0. The maximum Gasteiger partial charge on any atom is 0.127 e. The van der Waals surface area contributed by atoms with Gasteiger partial charge in [-0.25, -0.2) is 4.98 Å². The van der Waals surface area contributed by atoms with Crippen LogP contribution in [0.3, 0.4) is 0 Å². The maximum atomic E-state index is 4.54. The zero-order valence-corrected chi connectivity index (χ0v) is 9.40. The van der Waals surface area contributed by atoms with Gasteiger partial charge in [0.2, 0.25) is 0 Å². The fourth-order valence-corrected chi connectivity index (χ4v) is 1.75. The Kier molecular flexibility index (Phi) is 2.99. The van der Waals surface area contributed by atoms with Crippen LogP contribution in [0.2, 0.25) is 0 Å². The summed E-state index contributed by atoms with van der Waals surface area (Å²) in [5.41, 5.74) is 2.40. The number of anilines is 1. The number of hydrogen-bond acceptors (Lipinski definition) is 3. The van der Waals surface area contributed by atoms with Crippen molar-refractivity contribution in [1.29, 1.82) is 0 Å². The molecule has 0 amide bonds. The lowest BCUT2D eigenvalue weighted by Gasteiger charge is -2.14. The molecular formula is C12H17N3. The summed E-state index contributed by atoms with van der Waals surface area (Å²) in [4.78, 5) is 10.9. The first-order valence-electron chi connectivity index (χ1n) is 5.44. The molecule has 1 aromatic rings. The highest BCUT2D eigenvalue weighted by Crippen LogP contribution is 2.14. The van der Waals surface area contributed by atoms with E-state index >= 15 is 0 Å². The second-order valence-corrected chi connectivity index (χ2v) is 4.09. The van der Waals surface area contributed by atoms with Gasteiger partial charge in [-0.2, -0.15) is 0 Å². The Bertz CT molecular complexity index is 352. The molecule has 0 atom stereocenters. The Morgan fingerprint density at radius 3 is 2.60 bits per heavy atom. The lowest BCUT2D eigenvalue weighted by molar-refractivity contribution is 0.738. The Morgan fingerprint density at radius 2 is 2.07 bits per heavy atom. The fraction of sp³-hybridized carbons (Fsp3) is 0.500. The smallest absolute Gasteiger partial charge is 0.127 e. The molecule has 0 aromatic carbocycles. The molecule has 0 fully saturated rings. The van der Waals surface area contributed by atoms with Crippen molar-refractivity contribution in [2.75, 3.05) is 25.5 Å². The summed E-state index contributed by atoms with van der Waals surface area (Å²) in [7, 11) is 4.00. The van der Waals surface area contributed by atoms with Crippen LogP contribution in [-0.2, 0) is 0 Å². The topological polar surface area (TPSA) is 28.5 Å². The number of aromatic nitrogens is 1. The summed E-state index contributed by atoms with van der Waals surface area (Å²) in [6.07, 6.45) is 5.52. The van der Waals surface area contributed by atoms with E-state index in [9.17, 15) is 0 Å². The minimum Gasteiger partial charge on any atom is -0.363 e. The molecule has 0 N–H and O–H groups in total. The van der Waals surface area contributed by atoms with E-state index in [1.54, 1.807) is 0 Å². The molecule has 1 aliphatic heterocycles. The molecule has 3 heteroatoms. The predicted octanol–water partition coefficient (Wildman–Crippen LogP) is 2.12. The summed E-state index contributed by atoms with van der Waals surface area (Å²) >= 11 is 0. The second kappa shape index (κ2) is 4.43.